The van der Waals surface area contributed by atoms with Crippen LogP contribution in [0.1, 0.15) is 24.8 Å². The quantitative estimate of drug-likeness (QED) is 0.845. The van der Waals surface area contributed by atoms with Crippen molar-refractivity contribution < 1.29 is 9.53 Å². The summed E-state index contributed by atoms with van der Waals surface area (Å²) < 4.78 is 5.25. The van der Waals surface area contributed by atoms with E-state index >= 15 is 0 Å². The van der Waals surface area contributed by atoms with Crippen LogP contribution < -0.4 is 0 Å². The topological polar surface area (TPSA) is 32.8 Å². The Balaban J connectivity index is 1.62. The van der Waals surface area contributed by atoms with Crippen molar-refractivity contribution in [2.45, 2.75) is 31.8 Å². The van der Waals surface area contributed by atoms with Crippen molar-refractivity contribution in [3.8, 4) is 0 Å². The third-order valence-electron chi connectivity index (χ3n) is 4.19. The molecule has 0 spiro atoms. The Morgan fingerprint density at radius 2 is 1.85 bits per heavy atom. The van der Waals surface area contributed by atoms with Gasteiger partial charge in [0.1, 0.15) is 6.61 Å². The molecule has 1 aromatic carbocycles. The number of hydrogen-bond donors (Lipinski definition) is 0. The molecule has 0 bridgehead atoms. The molecule has 0 unspecified atom stereocenters. The molecule has 0 saturated carbocycles. The molecule has 3 rings (SSSR count). The number of carbonyl (C=O) groups excluding carboxylic acids is 1. The Morgan fingerprint density at radius 3 is 2.60 bits per heavy atom. The summed E-state index contributed by atoms with van der Waals surface area (Å²) in [5.74, 6) is 0. The zero-order valence-electron chi connectivity index (χ0n) is 11.8. The molecular weight excluding hydrogens is 252 g/mol. The fraction of sp³-hybridized carbons (Fsp3) is 0.562. The molecule has 1 aromatic rings. The van der Waals surface area contributed by atoms with Gasteiger partial charge in [0.15, 0.2) is 0 Å². The van der Waals surface area contributed by atoms with Gasteiger partial charge in [-0.05, 0) is 31.5 Å². The van der Waals surface area contributed by atoms with Crippen molar-refractivity contribution in [3.05, 3.63) is 35.9 Å². The number of ether oxygens (including phenoxy) is 1. The molecule has 4 nitrogen and oxygen atoms in total. The van der Waals surface area contributed by atoms with E-state index in [2.05, 4.69) is 17.0 Å². The maximum absolute atomic E-state index is 11.9. The van der Waals surface area contributed by atoms with Crippen molar-refractivity contribution in [2.24, 2.45) is 0 Å². The van der Waals surface area contributed by atoms with Crippen molar-refractivity contribution in [1.82, 2.24) is 9.80 Å². The van der Waals surface area contributed by atoms with E-state index in [0.29, 0.717) is 13.2 Å². The molecule has 2 heterocycles. The van der Waals surface area contributed by atoms with Gasteiger partial charge < -0.3 is 9.64 Å². The van der Waals surface area contributed by atoms with Gasteiger partial charge in [-0.3, -0.25) is 4.90 Å². The molecule has 0 radical (unpaired) electrons. The second-order valence-electron chi connectivity index (χ2n) is 5.71. The third kappa shape index (κ3) is 3.12. The van der Waals surface area contributed by atoms with Crippen molar-refractivity contribution in [3.63, 3.8) is 0 Å². The number of piperidine rings is 1. The second-order valence-corrected chi connectivity index (χ2v) is 5.71. The minimum atomic E-state index is -0.170. The van der Waals surface area contributed by atoms with Crippen LogP contribution in [-0.4, -0.2) is 48.2 Å². The van der Waals surface area contributed by atoms with Gasteiger partial charge in [-0.1, -0.05) is 36.8 Å². The van der Waals surface area contributed by atoms with Crippen LogP contribution in [0.15, 0.2) is 30.3 Å². The lowest BCUT2D eigenvalue weighted by atomic mass is 10.1. The molecular formula is C16H22N2O2. The normalized spacial score (nSPS) is 23.9. The van der Waals surface area contributed by atoms with Crippen LogP contribution >= 0.6 is 0 Å². The summed E-state index contributed by atoms with van der Waals surface area (Å²) in [6, 6.07) is 10.3. The molecule has 20 heavy (non-hydrogen) atoms. The number of carbonyl (C=O) groups is 1. The predicted molar refractivity (Wildman–Crippen MR) is 77.4 cm³/mol. The van der Waals surface area contributed by atoms with Gasteiger partial charge in [0.25, 0.3) is 0 Å². The molecule has 1 atom stereocenters. The fourth-order valence-corrected chi connectivity index (χ4v) is 3.05. The Morgan fingerprint density at radius 1 is 1.10 bits per heavy atom. The van der Waals surface area contributed by atoms with Crippen LogP contribution in [0.3, 0.4) is 0 Å². The van der Waals surface area contributed by atoms with Gasteiger partial charge in [0.05, 0.1) is 6.04 Å². The monoisotopic (exact) mass is 274 g/mol. The zero-order valence-corrected chi connectivity index (χ0v) is 11.8. The first kappa shape index (κ1) is 13.4. The van der Waals surface area contributed by atoms with E-state index in [-0.39, 0.29) is 12.1 Å². The third-order valence-corrected chi connectivity index (χ3v) is 4.19. The van der Waals surface area contributed by atoms with Gasteiger partial charge in [0.2, 0.25) is 0 Å². The van der Waals surface area contributed by atoms with Gasteiger partial charge in [-0.25, -0.2) is 4.79 Å². The smallest absolute Gasteiger partial charge is 0.410 e. The highest BCUT2D eigenvalue weighted by Crippen LogP contribution is 2.19. The Bertz CT molecular complexity index is 443. The molecule has 2 aliphatic heterocycles. The van der Waals surface area contributed by atoms with Crippen LogP contribution in [0.4, 0.5) is 4.79 Å². The van der Waals surface area contributed by atoms with Gasteiger partial charge in [0, 0.05) is 13.1 Å². The molecule has 4 heteroatoms. The largest absolute Gasteiger partial charge is 0.447 e. The minimum absolute atomic E-state index is 0.170. The van der Waals surface area contributed by atoms with E-state index in [1.54, 1.807) is 0 Å². The molecule has 2 saturated heterocycles. The maximum atomic E-state index is 11.9. The second kappa shape index (κ2) is 6.27. The summed E-state index contributed by atoms with van der Waals surface area (Å²) in [5, 5.41) is 0. The highest BCUT2D eigenvalue weighted by molar-refractivity contribution is 5.70. The molecule has 1 amide bonds. The number of likely N-dealkylation sites (tertiary alicyclic amines) is 1. The van der Waals surface area contributed by atoms with E-state index in [9.17, 15) is 4.79 Å². The van der Waals surface area contributed by atoms with Crippen molar-refractivity contribution in [2.75, 3.05) is 26.2 Å². The lowest BCUT2D eigenvalue weighted by Crippen LogP contribution is -2.44. The van der Waals surface area contributed by atoms with E-state index < -0.39 is 0 Å². The van der Waals surface area contributed by atoms with E-state index in [1.807, 2.05) is 23.1 Å². The minimum Gasteiger partial charge on any atom is -0.447 e. The van der Waals surface area contributed by atoms with Gasteiger partial charge >= 0.3 is 6.09 Å². The van der Waals surface area contributed by atoms with Crippen LogP contribution in [0.5, 0.6) is 0 Å². The maximum Gasteiger partial charge on any atom is 0.410 e. The lowest BCUT2D eigenvalue weighted by Gasteiger charge is -2.31. The highest BCUT2D eigenvalue weighted by atomic mass is 16.6. The number of nitrogens with zero attached hydrogens (tertiary/aromatic N) is 2. The summed E-state index contributed by atoms with van der Waals surface area (Å²) in [5.41, 5.74) is 1.16. The number of cyclic esters (lactones) is 1. The van der Waals surface area contributed by atoms with Crippen LogP contribution in [0.25, 0.3) is 0 Å². The summed E-state index contributed by atoms with van der Waals surface area (Å²) in [4.78, 5) is 16.3. The molecule has 0 N–H and O–H groups in total. The standard InChI is InChI=1S/C16H22N2O2/c19-16-18(11-14-7-3-1-4-8-14)15(13-20-16)12-17-9-5-2-6-10-17/h1,3-4,7-8,15H,2,5-6,9-13H2/t15-/m1/s1. The summed E-state index contributed by atoms with van der Waals surface area (Å²) in [6.07, 6.45) is 3.72. The first-order valence-corrected chi connectivity index (χ1v) is 7.52. The summed E-state index contributed by atoms with van der Waals surface area (Å²) in [7, 11) is 0. The average molecular weight is 274 g/mol. The number of hydrogen-bond acceptors (Lipinski definition) is 3. The van der Waals surface area contributed by atoms with E-state index in [1.165, 1.54) is 19.3 Å². The predicted octanol–water partition coefficient (Wildman–Crippen LogP) is 2.49. The summed E-state index contributed by atoms with van der Waals surface area (Å²) >= 11 is 0. The van der Waals surface area contributed by atoms with E-state index in [0.717, 1.165) is 25.2 Å². The van der Waals surface area contributed by atoms with E-state index in [4.69, 9.17) is 4.74 Å². The first-order valence-electron chi connectivity index (χ1n) is 7.52. The van der Waals surface area contributed by atoms with Gasteiger partial charge in [-0.2, -0.15) is 0 Å². The molecule has 0 aliphatic carbocycles. The van der Waals surface area contributed by atoms with Crippen molar-refractivity contribution >= 4 is 6.09 Å². The Labute approximate surface area is 120 Å². The number of benzene rings is 1. The number of amides is 1. The van der Waals surface area contributed by atoms with Crippen LogP contribution in [0.2, 0.25) is 0 Å². The fourth-order valence-electron chi connectivity index (χ4n) is 3.05. The molecule has 108 valence electrons. The lowest BCUT2D eigenvalue weighted by molar-refractivity contribution is 0.150. The van der Waals surface area contributed by atoms with Crippen LogP contribution in [0, 0.1) is 0 Å². The van der Waals surface area contributed by atoms with Gasteiger partial charge in [-0.15, -0.1) is 0 Å². The molecule has 0 aromatic heterocycles. The average Bonchev–Trinajstić information content (AvgIpc) is 2.83. The SMILES string of the molecule is O=C1OC[C@@H](CN2CCCCC2)N1Cc1ccccc1. The Hall–Kier alpha value is -1.55. The van der Waals surface area contributed by atoms with Crippen molar-refractivity contribution in [1.29, 1.82) is 0 Å². The number of rotatable bonds is 4. The molecule has 2 fully saturated rings. The molecule has 2 aliphatic rings. The Kier molecular flexibility index (Phi) is 4.21. The highest BCUT2D eigenvalue weighted by Gasteiger charge is 2.34. The first-order chi connectivity index (χ1) is 9.83. The van der Waals surface area contributed by atoms with Crippen LogP contribution in [-0.2, 0) is 11.3 Å². The summed E-state index contributed by atoms with van der Waals surface area (Å²) in [6.45, 7) is 4.44. The zero-order chi connectivity index (χ0) is 13.8.